The molecule has 0 fully saturated rings. The van der Waals surface area contributed by atoms with E-state index in [2.05, 4.69) is 41.7 Å². The fourth-order valence-corrected chi connectivity index (χ4v) is 9.30. The number of hydrogen-bond acceptors (Lipinski definition) is 8. The molecule has 0 atom stereocenters. The average molecular weight is 612 g/mol. The highest BCUT2D eigenvalue weighted by atomic mass is 35.7. The predicted molar refractivity (Wildman–Crippen MR) is 152 cm³/mol. The van der Waals surface area contributed by atoms with Gasteiger partial charge >= 0.3 is 5.97 Å². The van der Waals surface area contributed by atoms with Crippen molar-refractivity contribution in [2.45, 2.75) is 0 Å². The molecule has 0 spiro atoms. The Morgan fingerprint density at radius 1 is 0.732 bits per heavy atom. The van der Waals surface area contributed by atoms with E-state index in [1.807, 2.05) is 78.2 Å². The summed E-state index contributed by atoms with van der Waals surface area (Å²) in [6, 6.07) is 39.9. The molecule has 4 aromatic rings. The van der Waals surface area contributed by atoms with Crippen molar-refractivity contribution in [3.8, 4) is 0 Å². The first-order valence-corrected chi connectivity index (χ1v) is 16.2. The highest BCUT2D eigenvalue weighted by Crippen LogP contribution is 2.61. The minimum Gasteiger partial charge on any atom is -0.468 e. The molecule has 4 rings (SSSR count). The van der Waals surface area contributed by atoms with Gasteiger partial charge in [0.15, 0.2) is 12.7 Å². The van der Waals surface area contributed by atoms with E-state index in [0.29, 0.717) is 5.56 Å². The Hall–Kier alpha value is -3.53. The normalized spacial score (nSPS) is 11.6. The molecule has 0 bridgehead atoms. The third-order valence-electron chi connectivity index (χ3n) is 5.69. The number of carbonyl (C=O) groups excluding carboxylic acids is 2. The zero-order chi connectivity index (χ0) is 29.7. The summed E-state index contributed by atoms with van der Waals surface area (Å²) < 4.78 is 38.8. The molecule has 41 heavy (non-hydrogen) atoms. The molecule has 1 amide bonds. The maximum Gasteiger partial charge on any atom is 0.315 e. The number of amides is 1. The molecule has 1 N–H and O–H groups in total. The van der Waals surface area contributed by atoms with E-state index in [9.17, 15) is 9.59 Å². The number of nitrogens with one attached hydrogen (secondary N) is 1. The van der Waals surface area contributed by atoms with Crippen molar-refractivity contribution in [2.24, 2.45) is 0 Å². The van der Waals surface area contributed by atoms with Crippen molar-refractivity contribution >= 4 is 46.8 Å². The van der Waals surface area contributed by atoms with Crippen LogP contribution in [0.2, 0.25) is 0 Å². The summed E-state index contributed by atoms with van der Waals surface area (Å²) in [5.74, 6) is -0.389. The van der Waals surface area contributed by atoms with Gasteiger partial charge in [0.25, 0.3) is 5.91 Å². The average Bonchev–Trinajstić information content (AvgIpc) is 2.98. The van der Waals surface area contributed by atoms with Crippen LogP contribution in [0.5, 0.6) is 0 Å². The summed E-state index contributed by atoms with van der Waals surface area (Å²) in [5.41, 5.74) is 1.32. The van der Waals surface area contributed by atoms with Crippen LogP contribution in [0.15, 0.2) is 132 Å². The minimum absolute atomic E-state index is 0.138. The molecule has 0 aliphatic heterocycles. The largest absolute Gasteiger partial charge is 0.468 e. The summed E-state index contributed by atoms with van der Waals surface area (Å²) in [4.78, 5) is 25.5. The number of benzene rings is 4. The fourth-order valence-electron chi connectivity index (χ4n) is 4.04. The molecule has 0 saturated heterocycles. The maximum absolute atomic E-state index is 13.5. The minimum atomic E-state index is -4.94. The highest BCUT2D eigenvalue weighted by Gasteiger charge is 2.50. The third kappa shape index (κ3) is 9.24. The van der Waals surface area contributed by atoms with Gasteiger partial charge in [0.2, 0.25) is 0 Å². The standard InChI is InChI=1S/C30H26NO3PS.ClHO4/c1-34-29(32)23-36-22-28(31-30(33)24-14-6-2-7-15-24)35(25-16-8-3-9-17-25,26-18-10-4-11-19-26)27-20-12-5-13-21-27;2-1(3,4)5/h2-22H,23H2,1H3;(H,2,3,4,5)/b28-22+;. The van der Waals surface area contributed by atoms with Gasteiger partial charge in [0, 0.05) is 11.0 Å². The second-order valence-electron chi connectivity index (χ2n) is 8.27. The van der Waals surface area contributed by atoms with Gasteiger partial charge in [0.05, 0.1) is 12.9 Å². The van der Waals surface area contributed by atoms with Gasteiger partial charge < -0.3 is 4.74 Å². The quantitative estimate of drug-likeness (QED) is 0.211. The van der Waals surface area contributed by atoms with Crippen LogP contribution in [0.4, 0.5) is 0 Å². The summed E-state index contributed by atoms with van der Waals surface area (Å²) in [6.07, 6.45) is 0. The van der Waals surface area contributed by atoms with Gasteiger partial charge in [0.1, 0.15) is 15.9 Å². The zero-order valence-electron chi connectivity index (χ0n) is 21.9. The summed E-state index contributed by atoms with van der Waals surface area (Å²) in [7, 11) is -6.12. The Morgan fingerprint density at radius 2 is 1.10 bits per heavy atom. The summed E-state index contributed by atoms with van der Waals surface area (Å²) >= 11 is 1.32. The van der Waals surface area contributed by atoms with E-state index in [1.54, 1.807) is 12.1 Å². The fraction of sp³-hybridized carbons (Fsp3) is 0.0667. The summed E-state index contributed by atoms with van der Waals surface area (Å²) in [6.45, 7) is 0. The number of halogens is 1. The lowest BCUT2D eigenvalue weighted by atomic mass is 10.2. The molecule has 0 radical (unpaired) electrons. The Kier molecular flexibility index (Phi) is 12.1. The van der Waals surface area contributed by atoms with Gasteiger partial charge in [-0.3, -0.25) is 14.9 Å². The SMILES string of the molecule is COC(=O)CS/C=C(\NC(=O)c1ccccc1)[P+](c1ccccc1)(c1ccccc1)c1ccccc1.[O-][Cl+3]([O-])([O-])[O-]. The molecule has 0 aliphatic rings. The van der Waals surface area contributed by atoms with Crippen LogP contribution >= 0.6 is 19.0 Å². The molecule has 0 saturated carbocycles. The molecule has 8 nitrogen and oxygen atoms in total. The van der Waals surface area contributed by atoms with Crippen LogP contribution in [0.1, 0.15) is 10.4 Å². The highest BCUT2D eigenvalue weighted by molar-refractivity contribution is 8.04. The van der Waals surface area contributed by atoms with Crippen molar-refractivity contribution in [3.63, 3.8) is 0 Å². The van der Waals surface area contributed by atoms with E-state index in [4.69, 9.17) is 23.4 Å². The van der Waals surface area contributed by atoms with Crippen molar-refractivity contribution in [1.82, 2.24) is 5.32 Å². The van der Waals surface area contributed by atoms with Crippen LogP contribution < -0.4 is 39.9 Å². The second kappa shape index (κ2) is 15.5. The van der Waals surface area contributed by atoms with Crippen LogP contribution in [0.25, 0.3) is 0 Å². The van der Waals surface area contributed by atoms with E-state index in [1.165, 1.54) is 18.9 Å². The maximum atomic E-state index is 13.5. The Morgan fingerprint density at radius 3 is 1.46 bits per heavy atom. The molecule has 4 aromatic carbocycles. The molecular formula is C30H27ClNO7PS. The van der Waals surface area contributed by atoms with E-state index in [-0.39, 0.29) is 17.6 Å². The van der Waals surface area contributed by atoms with Crippen LogP contribution in [-0.2, 0) is 9.53 Å². The monoisotopic (exact) mass is 611 g/mol. The second-order valence-corrected chi connectivity index (χ2v) is 13.3. The first kappa shape index (κ1) is 32.0. The number of rotatable bonds is 9. The smallest absolute Gasteiger partial charge is 0.315 e. The van der Waals surface area contributed by atoms with Gasteiger partial charge in [-0.05, 0) is 48.5 Å². The summed E-state index contributed by atoms with van der Waals surface area (Å²) in [5, 5.41) is 8.47. The lowest BCUT2D eigenvalue weighted by Crippen LogP contribution is -2.68. The molecular weight excluding hydrogens is 585 g/mol. The lowest BCUT2D eigenvalue weighted by Gasteiger charge is -2.29. The zero-order valence-corrected chi connectivity index (χ0v) is 24.4. The number of thioether (sulfide) groups is 1. The van der Waals surface area contributed by atoms with Crippen molar-refractivity contribution in [3.05, 3.63) is 138 Å². The number of ether oxygens (including phenoxy) is 1. The number of carbonyl (C=O) groups is 2. The van der Waals surface area contributed by atoms with Gasteiger partial charge in [-0.15, -0.1) is 22.0 Å². The lowest BCUT2D eigenvalue weighted by molar-refractivity contribution is -2.00. The topological polar surface area (TPSA) is 148 Å². The Balaban J connectivity index is 0.000000850. The van der Waals surface area contributed by atoms with Gasteiger partial charge in [-0.1, -0.05) is 72.8 Å². The Bertz CT molecular complexity index is 1320. The van der Waals surface area contributed by atoms with E-state index >= 15 is 0 Å². The van der Waals surface area contributed by atoms with E-state index < -0.39 is 17.5 Å². The van der Waals surface area contributed by atoms with Crippen molar-refractivity contribution in [1.29, 1.82) is 0 Å². The number of methoxy groups -OCH3 is 1. The third-order valence-corrected chi connectivity index (χ3v) is 10.9. The molecule has 212 valence electrons. The molecule has 0 unspecified atom stereocenters. The first-order valence-electron chi connectivity index (χ1n) is 12.1. The molecule has 0 aromatic heterocycles. The van der Waals surface area contributed by atoms with Gasteiger partial charge in [-0.25, -0.2) is 18.6 Å². The molecule has 0 heterocycles. The van der Waals surface area contributed by atoms with Crippen LogP contribution in [0, 0.1) is 10.2 Å². The van der Waals surface area contributed by atoms with Crippen molar-refractivity contribution in [2.75, 3.05) is 12.9 Å². The predicted octanol–water partition coefficient (Wildman–Crippen LogP) is 0.360. The number of esters is 1. The van der Waals surface area contributed by atoms with E-state index in [0.717, 1.165) is 21.4 Å². The van der Waals surface area contributed by atoms with Crippen LogP contribution in [-0.4, -0.2) is 24.7 Å². The molecule has 0 aliphatic carbocycles. The first-order chi connectivity index (χ1) is 19.7. The number of hydrogen-bond donors (Lipinski definition) is 1. The van der Waals surface area contributed by atoms with Crippen molar-refractivity contribution < 1.29 is 43.2 Å². The Labute approximate surface area is 245 Å². The molecule has 11 heteroatoms. The van der Waals surface area contributed by atoms with Gasteiger partial charge in [-0.2, -0.15) is 0 Å². The van der Waals surface area contributed by atoms with Crippen LogP contribution in [0.3, 0.4) is 0 Å².